The predicted molar refractivity (Wildman–Crippen MR) is 112 cm³/mol. The molecule has 0 bridgehead atoms. The minimum absolute atomic E-state index is 0.0263. The quantitative estimate of drug-likeness (QED) is 0.674. The minimum Gasteiger partial charge on any atom is -0.493 e. The number of amides is 1. The average molecular weight is 391 g/mol. The standard InChI is InChI=1S/C23H25N3O3/c1-4-11-29-20-10-7-16(12-21(20)28-3)18-13-22(27)25-23-19(18)14-24-26(23)17-8-5-15(2)6-9-17/h5-10,12,14,18H,4,11,13H2,1-3H3,(H,25,27). The number of benzene rings is 2. The Labute approximate surface area is 170 Å². The molecular weight excluding hydrogens is 366 g/mol. The molecule has 1 unspecified atom stereocenters. The topological polar surface area (TPSA) is 65.4 Å². The second kappa shape index (κ2) is 7.99. The predicted octanol–water partition coefficient (Wildman–Crippen LogP) is 4.45. The van der Waals surface area contributed by atoms with Gasteiger partial charge in [0.1, 0.15) is 5.82 Å². The summed E-state index contributed by atoms with van der Waals surface area (Å²) >= 11 is 0. The number of aromatic nitrogens is 2. The Morgan fingerprint density at radius 1 is 1.17 bits per heavy atom. The molecule has 1 aliphatic heterocycles. The molecule has 6 heteroatoms. The number of carbonyl (C=O) groups is 1. The highest BCUT2D eigenvalue weighted by Crippen LogP contribution is 2.40. The van der Waals surface area contributed by atoms with Gasteiger partial charge in [-0.15, -0.1) is 0 Å². The fraction of sp³-hybridized carbons (Fsp3) is 0.304. The number of hydrogen-bond donors (Lipinski definition) is 1. The molecule has 2 aromatic carbocycles. The average Bonchev–Trinajstić information content (AvgIpc) is 3.15. The summed E-state index contributed by atoms with van der Waals surface area (Å²) in [6, 6.07) is 13.9. The molecule has 0 aliphatic carbocycles. The second-order valence-corrected chi connectivity index (χ2v) is 7.26. The zero-order valence-electron chi connectivity index (χ0n) is 16.9. The molecule has 1 amide bonds. The summed E-state index contributed by atoms with van der Waals surface area (Å²) in [5.41, 5.74) is 4.09. The molecule has 6 nitrogen and oxygen atoms in total. The smallest absolute Gasteiger partial charge is 0.226 e. The molecule has 2 heterocycles. The summed E-state index contributed by atoms with van der Waals surface area (Å²) in [6.07, 6.45) is 3.13. The van der Waals surface area contributed by atoms with Gasteiger partial charge < -0.3 is 14.8 Å². The van der Waals surface area contributed by atoms with Gasteiger partial charge in [-0.3, -0.25) is 4.79 Å². The zero-order valence-corrected chi connectivity index (χ0v) is 16.9. The first-order chi connectivity index (χ1) is 14.1. The third-order valence-corrected chi connectivity index (χ3v) is 5.15. The van der Waals surface area contributed by atoms with E-state index in [1.165, 1.54) is 5.56 Å². The van der Waals surface area contributed by atoms with Crippen LogP contribution in [0.25, 0.3) is 5.69 Å². The highest BCUT2D eigenvalue weighted by molar-refractivity contribution is 5.94. The Morgan fingerprint density at radius 3 is 2.69 bits per heavy atom. The van der Waals surface area contributed by atoms with Gasteiger partial charge in [-0.2, -0.15) is 5.10 Å². The fourth-order valence-corrected chi connectivity index (χ4v) is 3.63. The van der Waals surface area contributed by atoms with Crippen LogP contribution in [0.3, 0.4) is 0 Å². The number of rotatable bonds is 6. The number of ether oxygens (including phenoxy) is 2. The van der Waals surface area contributed by atoms with Crippen LogP contribution in [0.2, 0.25) is 0 Å². The lowest BCUT2D eigenvalue weighted by Gasteiger charge is -2.24. The summed E-state index contributed by atoms with van der Waals surface area (Å²) in [4.78, 5) is 12.5. The van der Waals surface area contributed by atoms with Crippen molar-refractivity contribution in [2.45, 2.75) is 32.6 Å². The number of methoxy groups -OCH3 is 1. The summed E-state index contributed by atoms with van der Waals surface area (Å²) in [5, 5.41) is 7.55. The van der Waals surface area contributed by atoms with E-state index in [0.29, 0.717) is 24.5 Å². The summed E-state index contributed by atoms with van der Waals surface area (Å²) in [6.45, 7) is 4.74. The first-order valence-corrected chi connectivity index (χ1v) is 9.86. The minimum atomic E-state index is -0.0907. The molecule has 0 spiro atoms. The Bertz CT molecular complexity index is 1020. The van der Waals surface area contributed by atoms with Crippen molar-refractivity contribution < 1.29 is 14.3 Å². The Morgan fingerprint density at radius 2 is 1.97 bits per heavy atom. The lowest BCUT2D eigenvalue weighted by atomic mass is 9.87. The first kappa shape index (κ1) is 19.1. The van der Waals surface area contributed by atoms with Gasteiger partial charge in [0, 0.05) is 17.9 Å². The van der Waals surface area contributed by atoms with Crippen molar-refractivity contribution in [1.29, 1.82) is 0 Å². The highest BCUT2D eigenvalue weighted by Gasteiger charge is 2.31. The molecule has 0 radical (unpaired) electrons. The molecule has 29 heavy (non-hydrogen) atoms. The van der Waals surface area contributed by atoms with E-state index in [2.05, 4.69) is 17.3 Å². The largest absolute Gasteiger partial charge is 0.493 e. The van der Waals surface area contributed by atoms with Crippen LogP contribution in [0.5, 0.6) is 11.5 Å². The molecule has 0 saturated carbocycles. The zero-order chi connectivity index (χ0) is 20.4. The maximum atomic E-state index is 12.5. The van der Waals surface area contributed by atoms with Gasteiger partial charge in [0.2, 0.25) is 5.91 Å². The first-order valence-electron chi connectivity index (χ1n) is 9.86. The van der Waals surface area contributed by atoms with E-state index >= 15 is 0 Å². The molecular formula is C23H25N3O3. The van der Waals surface area contributed by atoms with Gasteiger partial charge in [0.25, 0.3) is 0 Å². The van der Waals surface area contributed by atoms with Gasteiger partial charge in [0.05, 0.1) is 25.6 Å². The molecule has 3 aromatic rings. The van der Waals surface area contributed by atoms with E-state index in [1.807, 2.05) is 55.6 Å². The summed E-state index contributed by atoms with van der Waals surface area (Å²) in [7, 11) is 1.63. The number of fused-ring (bicyclic) bond motifs is 1. The second-order valence-electron chi connectivity index (χ2n) is 7.26. The van der Waals surface area contributed by atoms with Gasteiger partial charge >= 0.3 is 0 Å². The van der Waals surface area contributed by atoms with E-state index in [9.17, 15) is 4.79 Å². The molecule has 0 saturated heterocycles. The molecule has 1 atom stereocenters. The molecule has 1 aliphatic rings. The lowest BCUT2D eigenvalue weighted by Crippen LogP contribution is -2.24. The molecule has 1 aromatic heterocycles. The Hall–Kier alpha value is -3.28. The van der Waals surface area contributed by atoms with Crippen molar-refractivity contribution in [3.05, 3.63) is 65.4 Å². The van der Waals surface area contributed by atoms with Crippen LogP contribution in [0.4, 0.5) is 5.82 Å². The van der Waals surface area contributed by atoms with E-state index in [1.54, 1.807) is 11.8 Å². The highest BCUT2D eigenvalue weighted by atomic mass is 16.5. The fourth-order valence-electron chi connectivity index (χ4n) is 3.63. The molecule has 4 rings (SSSR count). The van der Waals surface area contributed by atoms with E-state index in [-0.39, 0.29) is 11.8 Å². The number of aryl methyl sites for hydroxylation is 1. The maximum absolute atomic E-state index is 12.5. The SMILES string of the molecule is CCCOc1ccc(C2CC(=O)Nc3c2cnn3-c2ccc(C)cc2)cc1OC. The Kier molecular flexibility index (Phi) is 5.25. The number of hydrogen-bond acceptors (Lipinski definition) is 4. The molecule has 150 valence electrons. The number of carbonyl (C=O) groups excluding carboxylic acids is 1. The van der Waals surface area contributed by atoms with Crippen molar-refractivity contribution in [2.24, 2.45) is 0 Å². The van der Waals surface area contributed by atoms with Crippen LogP contribution in [-0.2, 0) is 4.79 Å². The van der Waals surface area contributed by atoms with Crippen molar-refractivity contribution >= 4 is 11.7 Å². The number of nitrogens with zero attached hydrogens (tertiary/aromatic N) is 2. The van der Waals surface area contributed by atoms with E-state index in [0.717, 1.165) is 29.1 Å². The molecule has 1 N–H and O–H groups in total. The van der Waals surface area contributed by atoms with Crippen LogP contribution < -0.4 is 14.8 Å². The lowest BCUT2D eigenvalue weighted by molar-refractivity contribution is -0.116. The van der Waals surface area contributed by atoms with Gasteiger partial charge in [-0.25, -0.2) is 4.68 Å². The number of anilines is 1. The number of nitrogens with one attached hydrogen (secondary N) is 1. The maximum Gasteiger partial charge on any atom is 0.226 e. The van der Waals surface area contributed by atoms with Gasteiger partial charge in [-0.05, 0) is 43.2 Å². The van der Waals surface area contributed by atoms with Crippen LogP contribution in [-0.4, -0.2) is 29.4 Å². The van der Waals surface area contributed by atoms with E-state index in [4.69, 9.17) is 9.47 Å². The van der Waals surface area contributed by atoms with Crippen molar-refractivity contribution in [3.63, 3.8) is 0 Å². The van der Waals surface area contributed by atoms with Crippen LogP contribution >= 0.6 is 0 Å². The van der Waals surface area contributed by atoms with Crippen LogP contribution in [0.1, 0.15) is 42.4 Å². The van der Waals surface area contributed by atoms with Crippen LogP contribution in [0, 0.1) is 6.92 Å². The van der Waals surface area contributed by atoms with Gasteiger partial charge in [-0.1, -0.05) is 30.7 Å². The normalized spacial score (nSPS) is 15.6. The van der Waals surface area contributed by atoms with Crippen molar-refractivity contribution in [3.8, 4) is 17.2 Å². The van der Waals surface area contributed by atoms with Crippen molar-refractivity contribution in [1.82, 2.24) is 9.78 Å². The van der Waals surface area contributed by atoms with E-state index < -0.39 is 0 Å². The third-order valence-electron chi connectivity index (χ3n) is 5.15. The van der Waals surface area contributed by atoms with Crippen LogP contribution in [0.15, 0.2) is 48.7 Å². The monoisotopic (exact) mass is 391 g/mol. The van der Waals surface area contributed by atoms with Crippen molar-refractivity contribution in [2.75, 3.05) is 19.0 Å². The summed E-state index contributed by atoms with van der Waals surface area (Å²) in [5.74, 6) is 2.00. The molecule has 0 fully saturated rings. The van der Waals surface area contributed by atoms with Gasteiger partial charge in [0.15, 0.2) is 11.5 Å². The third kappa shape index (κ3) is 3.70. The Balaban J connectivity index is 1.72. The summed E-state index contributed by atoms with van der Waals surface area (Å²) < 4.78 is 13.1.